The van der Waals surface area contributed by atoms with Gasteiger partial charge in [-0.15, -0.1) is 0 Å². The highest BCUT2D eigenvalue weighted by Crippen LogP contribution is 2.15. The van der Waals surface area contributed by atoms with Gasteiger partial charge in [0.05, 0.1) is 5.54 Å². The summed E-state index contributed by atoms with van der Waals surface area (Å²) in [7, 11) is 1.70. The van der Waals surface area contributed by atoms with Gasteiger partial charge in [-0.05, 0) is 59.1 Å². The van der Waals surface area contributed by atoms with Crippen LogP contribution in [0.15, 0.2) is 0 Å². The molecule has 0 bridgehead atoms. The molecular weight excluding hydrogens is 322 g/mol. The fraction of sp³-hybridized carbons (Fsp3) is 0.889. The normalized spacial score (nSPS) is 11.4. The molecule has 0 fully saturated rings. The number of hydrogen-bond donors (Lipinski definition) is 1. The lowest BCUT2D eigenvalue weighted by Gasteiger charge is -2.37. The first-order valence-corrected chi connectivity index (χ1v) is 10.4. The summed E-state index contributed by atoms with van der Waals surface area (Å²) in [5.41, 5.74) is -0.769. The molecule has 0 rings (SSSR count). The first-order valence-electron chi connectivity index (χ1n) is 9.02. The molecule has 0 heterocycles. The predicted molar refractivity (Wildman–Crippen MR) is 105 cm³/mol. The summed E-state index contributed by atoms with van der Waals surface area (Å²) >= 11 is 1.91. The van der Waals surface area contributed by atoms with Crippen molar-refractivity contribution in [2.45, 2.75) is 58.9 Å². The second-order valence-electron chi connectivity index (χ2n) is 6.69. The predicted octanol–water partition coefficient (Wildman–Crippen LogP) is 3.24. The maximum absolute atomic E-state index is 12.6. The van der Waals surface area contributed by atoms with E-state index in [9.17, 15) is 9.59 Å². The Balaban J connectivity index is 4.06. The number of nitrogens with zero attached hydrogens (tertiary/aromatic N) is 2. The van der Waals surface area contributed by atoms with Gasteiger partial charge in [0, 0.05) is 26.7 Å². The summed E-state index contributed by atoms with van der Waals surface area (Å²) in [5, 5.41) is 3.41. The number of amides is 2. The third-order valence-corrected chi connectivity index (χ3v) is 5.35. The van der Waals surface area contributed by atoms with Crippen LogP contribution in [0.1, 0.15) is 53.4 Å². The van der Waals surface area contributed by atoms with Crippen molar-refractivity contribution in [1.82, 2.24) is 15.1 Å². The molecule has 0 aliphatic rings. The van der Waals surface area contributed by atoms with Gasteiger partial charge in [-0.3, -0.25) is 4.79 Å². The van der Waals surface area contributed by atoms with E-state index < -0.39 is 5.54 Å². The number of rotatable bonds is 13. The third-order valence-electron chi connectivity index (χ3n) is 4.65. The standard InChI is InChI=1S/C18H37N3O2S/c1-7-21(17(23)20(5)18(3,4)16(2)22)14-13-19-12-10-8-9-11-15-24-6/h19H,7-15H2,1-6H3. The molecule has 0 radical (unpaired) electrons. The zero-order chi connectivity index (χ0) is 18.6. The molecule has 0 atom stereocenters. The van der Waals surface area contributed by atoms with Crippen LogP contribution >= 0.6 is 11.8 Å². The van der Waals surface area contributed by atoms with Gasteiger partial charge in [-0.25, -0.2) is 4.79 Å². The number of unbranched alkanes of at least 4 members (excludes halogenated alkanes) is 3. The van der Waals surface area contributed by atoms with Gasteiger partial charge in [-0.1, -0.05) is 12.8 Å². The van der Waals surface area contributed by atoms with E-state index in [1.165, 1.54) is 38.4 Å². The van der Waals surface area contributed by atoms with Gasteiger partial charge in [0.2, 0.25) is 0 Å². The van der Waals surface area contributed by atoms with Crippen LogP contribution < -0.4 is 5.32 Å². The van der Waals surface area contributed by atoms with Crippen LogP contribution in [0.3, 0.4) is 0 Å². The van der Waals surface area contributed by atoms with Gasteiger partial charge in [0.1, 0.15) is 0 Å². The molecule has 142 valence electrons. The average Bonchev–Trinajstić information content (AvgIpc) is 2.55. The minimum absolute atomic E-state index is 0.00555. The summed E-state index contributed by atoms with van der Waals surface area (Å²) in [6.07, 6.45) is 7.20. The molecule has 0 aromatic heterocycles. The molecule has 0 aromatic carbocycles. The Labute approximate surface area is 152 Å². The van der Waals surface area contributed by atoms with E-state index in [0.29, 0.717) is 13.1 Å². The van der Waals surface area contributed by atoms with Crippen LogP contribution in [0, 0.1) is 0 Å². The van der Waals surface area contributed by atoms with Gasteiger partial charge in [0.15, 0.2) is 5.78 Å². The average molecular weight is 360 g/mol. The summed E-state index contributed by atoms with van der Waals surface area (Å²) in [5.74, 6) is 1.25. The number of Topliss-reactive ketones (excluding diaryl/α,β-unsaturated/α-hetero) is 1. The summed E-state index contributed by atoms with van der Waals surface area (Å²) in [6, 6.07) is -0.0865. The molecule has 5 nitrogen and oxygen atoms in total. The van der Waals surface area contributed by atoms with E-state index in [1.54, 1.807) is 30.7 Å². The van der Waals surface area contributed by atoms with E-state index in [1.807, 2.05) is 18.7 Å². The first-order chi connectivity index (χ1) is 11.3. The number of hydrogen-bond acceptors (Lipinski definition) is 4. The lowest BCUT2D eigenvalue weighted by atomic mass is 9.99. The number of thioether (sulfide) groups is 1. The quantitative estimate of drug-likeness (QED) is 0.513. The number of carbonyl (C=O) groups excluding carboxylic acids is 2. The van der Waals surface area contributed by atoms with E-state index >= 15 is 0 Å². The zero-order valence-corrected chi connectivity index (χ0v) is 17.3. The Hall–Kier alpha value is -0.750. The topological polar surface area (TPSA) is 52.7 Å². The van der Waals surface area contributed by atoms with Crippen molar-refractivity contribution in [3.63, 3.8) is 0 Å². The van der Waals surface area contributed by atoms with Gasteiger partial charge >= 0.3 is 6.03 Å². The largest absolute Gasteiger partial charge is 0.324 e. The van der Waals surface area contributed by atoms with Crippen LogP contribution in [-0.4, -0.2) is 72.4 Å². The van der Waals surface area contributed by atoms with Crippen molar-refractivity contribution in [2.24, 2.45) is 0 Å². The summed E-state index contributed by atoms with van der Waals surface area (Å²) in [4.78, 5) is 27.6. The zero-order valence-electron chi connectivity index (χ0n) is 16.5. The Morgan fingerprint density at radius 2 is 1.71 bits per heavy atom. The Bertz CT molecular complexity index is 375. The third kappa shape index (κ3) is 8.38. The maximum atomic E-state index is 12.6. The number of likely N-dealkylation sites (N-methyl/N-ethyl adjacent to an activating group) is 2. The van der Waals surface area contributed by atoms with Crippen molar-refractivity contribution >= 4 is 23.6 Å². The molecule has 0 saturated carbocycles. The maximum Gasteiger partial charge on any atom is 0.320 e. The number of nitrogens with one attached hydrogen (secondary N) is 1. The van der Waals surface area contributed by atoms with E-state index in [4.69, 9.17) is 0 Å². The Morgan fingerprint density at radius 3 is 2.25 bits per heavy atom. The van der Waals surface area contributed by atoms with E-state index in [0.717, 1.165) is 13.1 Å². The number of carbonyl (C=O) groups is 2. The van der Waals surface area contributed by atoms with E-state index in [-0.39, 0.29) is 11.8 Å². The van der Waals surface area contributed by atoms with Crippen LogP contribution in [0.2, 0.25) is 0 Å². The van der Waals surface area contributed by atoms with Crippen molar-refractivity contribution < 1.29 is 9.59 Å². The summed E-state index contributed by atoms with van der Waals surface area (Å²) < 4.78 is 0. The molecular formula is C18H37N3O2S. The van der Waals surface area contributed by atoms with E-state index in [2.05, 4.69) is 11.6 Å². The SMILES string of the molecule is CCN(CCNCCCCCCSC)C(=O)N(C)C(C)(C)C(C)=O. The number of ketones is 1. The molecule has 0 unspecified atom stereocenters. The molecule has 0 aliphatic carbocycles. The highest BCUT2D eigenvalue weighted by molar-refractivity contribution is 7.98. The van der Waals surface area contributed by atoms with Crippen LogP contribution in [0.5, 0.6) is 0 Å². The smallest absolute Gasteiger partial charge is 0.320 e. The molecule has 6 heteroatoms. The molecule has 0 saturated heterocycles. The fourth-order valence-electron chi connectivity index (χ4n) is 2.27. The van der Waals surface area contributed by atoms with Crippen molar-refractivity contribution in [3.8, 4) is 0 Å². The van der Waals surface area contributed by atoms with Crippen molar-refractivity contribution in [2.75, 3.05) is 45.2 Å². The highest BCUT2D eigenvalue weighted by Gasteiger charge is 2.33. The summed E-state index contributed by atoms with van der Waals surface area (Å²) in [6.45, 7) is 10.2. The minimum atomic E-state index is -0.769. The Kier molecular flexibility index (Phi) is 12.2. The van der Waals surface area contributed by atoms with Gasteiger partial charge in [-0.2, -0.15) is 11.8 Å². The lowest BCUT2D eigenvalue weighted by Crippen LogP contribution is -2.55. The second kappa shape index (κ2) is 12.6. The Morgan fingerprint density at radius 1 is 1.08 bits per heavy atom. The van der Waals surface area contributed by atoms with Crippen molar-refractivity contribution in [3.05, 3.63) is 0 Å². The lowest BCUT2D eigenvalue weighted by molar-refractivity contribution is -0.125. The van der Waals surface area contributed by atoms with Crippen LogP contribution in [0.4, 0.5) is 4.79 Å². The first kappa shape index (κ1) is 23.2. The van der Waals surface area contributed by atoms with Gasteiger partial charge in [0.25, 0.3) is 0 Å². The molecule has 0 spiro atoms. The molecule has 0 aromatic rings. The molecule has 24 heavy (non-hydrogen) atoms. The van der Waals surface area contributed by atoms with Crippen molar-refractivity contribution in [1.29, 1.82) is 0 Å². The monoisotopic (exact) mass is 359 g/mol. The molecule has 1 N–H and O–H groups in total. The minimum Gasteiger partial charge on any atom is -0.324 e. The van der Waals surface area contributed by atoms with Crippen LogP contribution in [0.25, 0.3) is 0 Å². The fourth-order valence-corrected chi connectivity index (χ4v) is 2.76. The molecule has 0 aliphatic heterocycles. The van der Waals surface area contributed by atoms with Crippen LogP contribution in [-0.2, 0) is 4.79 Å². The second-order valence-corrected chi connectivity index (χ2v) is 7.68. The van der Waals surface area contributed by atoms with Gasteiger partial charge < -0.3 is 15.1 Å². The highest BCUT2D eigenvalue weighted by atomic mass is 32.2. The molecule has 2 amide bonds. The number of urea groups is 1.